The lowest BCUT2D eigenvalue weighted by molar-refractivity contribution is -0.379. The van der Waals surface area contributed by atoms with Crippen molar-refractivity contribution >= 4 is 27.3 Å². The molecule has 0 aliphatic rings. The van der Waals surface area contributed by atoms with Crippen LogP contribution in [0.3, 0.4) is 0 Å². The van der Waals surface area contributed by atoms with Crippen molar-refractivity contribution in [2.45, 2.75) is 6.92 Å². The molecule has 0 unspecified atom stereocenters. The van der Waals surface area contributed by atoms with Crippen LogP contribution in [0.2, 0.25) is 0 Å². The second-order valence-electron chi connectivity index (χ2n) is 1.99. The molecule has 0 radical (unpaired) electrons. The van der Waals surface area contributed by atoms with Gasteiger partial charge in [-0.2, -0.15) is 4.98 Å². The van der Waals surface area contributed by atoms with Crippen LogP contribution in [0.4, 0.5) is 16.0 Å². The van der Waals surface area contributed by atoms with Crippen molar-refractivity contribution in [1.29, 1.82) is 0 Å². The molecule has 0 aliphatic carbocycles. The summed E-state index contributed by atoms with van der Waals surface area (Å²) >= 11 is 0.867. The van der Waals surface area contributed by atoms with E-state index in [1.54, 1.807) is 0 Å². The molecule has 0 saturated heterocycles. The monoisotopic (exact) mass is 188 g/mol. The van der Waals surface area contributed by atoms with Crippen molar-refractivity contribution in [3.05, 3.63) is 10.1 Å². The fourth-order valence-electron chi connectivity index (χ4n) is 0.735. The second kappa shape index (κ2) is 3.35. The van der Waals surface area contributed by atoms with Crippen LogP contribution in [0.5, 0.6) is 0 Å². The van der Waals surface area contributed by atoms with E-state index < -0.39 is 4.92 Å². The van der Waals surface area contributed by atoms with Crippen LogP contribution in [-0.2, 0) is 0 Å². The lowest BCUT2D eigenvalue weighted by Gasteiger charge is -1.94. The Morgan fingerprint density at radius 3 is 3.00 bits per heavy atom. The number of nitrogen functional groups attached to an aromatic ring is 1. The van der Waals surface area contributed by atoms with Crippen molar-refractivity contribution in [2.75, 3.05) is 17.6 Å². The highest BCUT2D eigenvalue weighted by atomic mass is 32.1. The van der Waals surface area contributed by atoms with Crippen LogP contribution >= 0.6 is 11.3 Å². The third kappa shape index (κ3) is 1.62. The number of nitrogens with two attached hydrogens (primary N) is 1. The number of hydrogen-bond acceptors (Lipinski definition) is 6. The molecule has 0 saturated carbocycles. The van der Waals surface area contributed by atoms with Crippen molar-refractivity contribution < 1.29 is 4.92 Å². The van der Waals surface area contributed by atoms with Gasteiger partial charge < -0.3 is 11.1 Å². The average Bonchev–Trinajstić information content (AvgIpc) is 2.32. The van der Waals surface area contributed by atoms with Crippen molar-refractivity contribution in [2.24, 2.45) is 0 Å². The van der Waals surface area contributed by atoms with Crippen LogP contribution in [0.15, 0.2) is 0 Å². The molecule has 0 bridgehead atoms. The van der Waals surface area contributed by atoms with E-state index in [1.165, 1.54) is 0 Å². The Kier molecular flexibility index (Phi) is 2.44. The Bertz CT molecular complexity index is 298. The SMILES string of the molecule is CCNc1nc(N)sc1[N+](=O)[O-]. The van der Waals surface area contributed by atoms with E-state index in [2.05, 4.69) is 10.3 Å². The van der Waals surface area contributed by atoms with Gasteiger partial charge in [-0.25, -0.2) is 0 Å². The number of nitrogens with zero attached hydrogens (tertiary/aromatic N) is 2. The first-order valence-electron chi connectivity index (χ1n) is 3.29. The van der Waals surface area contributed by atoms with Gasteiger partial charge in [-0.1, -0.05) is 0 Å². The van der Waals surface area contributed by atoms with Gasteiger partial charge in [-0.05, 0) is 18.3 Å². The largest absolute Gasteiger partial charge is 0.375 e. The van der Waals surface area contributed by atoms with Gasteiger partial charge in [0.1, 0.15) is 0 Å². The first-order valence-corrected chi connectivity index (χ1v) is 4.11. The molecule has 1 aromatic heterocycles. The lowest BCUT2D eigenvalue weighted by atomic mass is 10.6. The number of rotatable bonds is 3. The smallest absolute Gasteiger partial charge is 0.369 e. The van der Waals surface area contributed by atoms with Gasteiger partial charge in [0, 0.05) is 6.54 Å². The second-order valence-corrected chi connectivity index (χ2v) is 3.00. The van der Waals surface area contributed by atoms with Gasteiger partial charge in [-0.3, -0.25) is 10.1 Å². The van der Waals surface area contributed by atoms with E-state index >= 15 is 0 Å². The highest BCUT2D eigenvalue weighted by Crippen LogP contribution is 2.32. The number of nitro groups is 1. The minimum Gasteiger partial charge on any atom is -0.375 e. The Labute approximate surface area is 72.6 Å². The fraction of sp³-hybridized carbons (Fsp3) is 0.400. The molecule has 0 aromatic carbocycles. The summed E-state index contributed by atoms with van der Waals surface area (Å²) < 4.78 is 0. The molecule has 12 heavy (non-hydrogen) atoms. The highest BCUT2D eigenvalue weighted by molar-refractivity contribution is 7.19. The normalized spacial score (nSPS) is 9.75. The van der Waals surface area contributed by atoms with Crippen LogP contribution in [0.25, 0.3) is 0 Å². The summed E-state index contributed by atoms with van der Waals surface area (Å²) in [5.41, 5.74) is 5.31. The molecular weight excluding hydrogens is 180 g/mol. The van der Waals surface area contributed by atoms with E-state index in [9.17, 15) is 10.1 Å². The van der Waals surface area contributed by atoms with Crippen LogP contribution in [0, 0.1) is 10.1 Å². The molecule has 66 valence electrons. The Morgan fingerprint density at radius 1 is 1.83 bits per heavy atom. The topological polar surface area (TPSA) is 94.1 Å². The third-order valence-corrected chi connectivity index (χ3v) is 1.97. The molecular formula is C5H8N4O2S. The molecule has 0 spiro atoms. The Morgan fingerprint density at radius 2 is 2.50 bits per heavy atom. The minimum atomic E-state index is -0.494. The van der Waals surface area contributed by atoms with Gasteiger partial charge in [0.2, 0.25) is 5.82 Å². The molecule has 0 fully saturated rings. The van der Waals surface area contributed by atoms with Gasteiger partial charge in [0.25, 0.3) is 0 Å². The summed E-state index contributed by atoms with van der Waals surface area (Å²) in [6.45, 7) is 2.42. The Hall–Kier alpha value is -1.37. The molecule has 1 heterocycles. The molecule has 0 aliphatic heterocycles. The minimum absolute atomic E-state index is 0.0330. The zero-order valence-corrected chi connectivity index (χ0v) is 7.22. The molecule has 0 atom stereocenters. The lowest BCUT2D eigenvalue weighted by Crippen LogP contribution is -1.99. The molecule has 7 heteroatoms. The molecule has 1 aromatic rings. The number of anilines is 2. The predicted molar refractivity (Wildman–Crippen MR) is 47.3 cm³/mol. The van der Waals surface area contributed by atoms with Crippen molar-refractivity contribution in [3.63, 3.8) is 0 Å². The molecule has 3 N–H and O–H groups in total. The van der Waals surface area contributed by atoms with Crippen molar-refractivity contribution in [3.8, 4) is 0 Å². The summed E-state index contributed by atoms with van der Waals surface area (Å²) in [6.07, 6.45) is 0. The number of nitrogens with one attached hydrogen (secondary N) is 1. The van der Waals surface area contributed by atoms with E-state index in [0.29, 0.717) is 6.54 Å². The van der Waals surface area contributed by atoms with E-state index in [-0.39, 0.29) is 16.0 Å². The fourth-order valence-corrected chi connectivity index (χ4v) is 1.36. The van der Waals surface area contributed by atoms with Crippen LogP contribution in [-0.4, -0.2) is 16.5 Å². The zero-order valence-electron chi connectivity index (χ0n) is 6.40. The summed E-state index contributed by atoms with van der Waals surface area (Å²) in [4.78, 5) is 13.7. The number of thiazole rings is 1. The first-order chi connectivity index (χ1) is 5.65. The first kappa shape index (κ1) is 8.72. The van der Waals surface area contributed by atoms with Gasteiger partial charge in [0.15, 0.2) is 5.13 Å². The quantitative estimate of drug-likeness (QED) is 0.546. The van der Waals surface area contributed by atoms with E-state index in [0.717, 1.165) is 11.3 Å². The number of aromatic nitrogens is 1. The Balaban J connectivity index is 2.99. The molecule has 1 rings (SSSR count). The standard InChI is InChI=1S/C5H8N4O2S/c1-2-7-3-4(9(10)11)12-5(6)8-3/h7H,2H2,1H3,(H2,6,8). The maximum absolute atomic E-state index is 10.4. The summed E-state index contributed by atoms with van der Waals surface area (Å²) in [6, 6.07) is 0. The highest BCUT2D eigenvalue weighted by Gasteiger charge is 2.18. The third-order valence-electron chi connectivity index (χ3n) is 1.14. The average molecular weight is 188 g/mol. The van der Waals surface area contributed by atoms with E-state index in [4.69, 9.17) is 5.73 Å². The van der Waals surface area contributed by atoms with Crippen LogP contribution in [0.1, 0.15) is 6.92 Å². The van der Waals surface area contributed by atoms with Gasteiger partial charge in [-0.15, -0.1) is 0 Å². The summed E-state index contributed by atoms with van der Waals surface area (Å²) in [7, 11) is 0. The number of hydrogen-bond donors (Lipinski definition) is 2. The molecule has 0 amide bonds. The van der Waals surface area contributed by atoms with E-state index in [1.807, 2.05) is 6.92 Å². The predicted octanol–water partition coefficient (Wildman–Crippen LogP) is 1.07. The maximum Gasteiger partial charge on any atom is 0.369 e. The van der Waals surface area contributed by atoms with Gasteiger partial charge in [0.05, 0.1) is 4.92 Å². The zero-order chi connectivity index (χ0) is 9.14. The molecule has 6 nitrogen and oxygen atoms in total. The van der Waals surface area contributed by atoms with Gasteiger partial charge >= 0.3 is 5.00 Å². The summed E-state index contributed by atoms with van der Waals surface area (Å²) in [5.74, 6) is 0.255. The maximum atomic E-state index is 10.4. The van der Waals surface area contributed by atoms with Crippen LogP contribution < -0.4 is 11.1 Å². The summed E-state index contributed by atoms with van der Waals surface area (Å²) in [5, 5.41) is 13.3. The van der Waals surface area contributed by atoms with Crippen molar-refractivity contribution in [1.82, 2.24) is 4.98 Å².